The highest BCUT2D eigenvalue weighted by atomic mass is 16.5. The maximum Gasteiger partial charge on any atom is 0.253 e. The first-order valence-electron chi connectivity index (χ1n) is 5.81. The van der Waals surface area contributed by atoms with E-state index in [-0.39, 0.29) is 12.0 Å². The number of para-hydroxylation sites is 1. The van der Waals surface area contributed by atoms with Gasteiger partial charge >= 0.3 is 0 Å². The van der Waals surface area contributed by atoms with Crippen molar-refractivity contribution in [2.75, 3.05) is 11.9 Å². The fraction of sp³-hybridized carbons (Fsp3) is 0.462. The summed E-state index contributed by atoms with van der Waals surface area (Å²) >= 11 is 0. The van der Waals surface area contributed by atoms with Crippen molar-refractivity contribution in [3.05, 3.63) is 29.8 Å². The highest BCUT2D eigenvalue weighted by molar-refractivity contribution is 5.94. The Bertz CT molecular complexity index is 370. The van der Waals surface area contributed by atoms with Gasteiger partial charge in [-0.2, -0.15) is 0 Å². The van der Waals surface area contributed by atoms with Gasteiger partial charge in [-0.3, -0.25) is 4.79 Å². The van der Waals surface area contributed by atoms with Crippen LogP contribution >= 0.6 is 0 Å². The lowest BCUT2D eigenvalue weighted by Gasteiger charge is -2.12. The largest absolute Gasteiger partial charge is 0.368 e. The normalized spacial score (nSPS) is 19.7. The van der Waals surface area contributed by atoms with Gasteiger partial charge in [-0.05, 0) is 30.9 Å². The lowest BCUT2D eigenvalue weighted by molar-refractivity contribution is -0.124. The van der Waals surface area contributed by atoms with Gasteiger partial charge in [0.25, 0.3) is 5.91 Å². The minimum atomic E-state index is -0.259. The Morgan fingerprint density at radius 2 is 2.31 bits per heavy atom. The Morgan fingerprint density at radius 1 is 1.50 bits per heavy atom. The van der Waals surface area contributed by atoms with Gasteiger partial charge in [-0.25, -0.2) is 0 Å². The second-order valence-corrected chi connectivity index (χ2v) is 4.00. The second-order valence-electron chi connectivity index (χ2n) is 4.00. The Balaban J connectivity index is 2.05. The molecule has 0 spiro atoms. The van der Waals surface area contributed by atoms with Gasteiger partial charge in [0.05, 0.1) is 0 Å². The summed E-state index contributed by atoms with van der Waals surface area (Å²) in [5.74, 6) is -0.0154. The predicted molar refractivity (Wildman–Crippen MR) is 63.4 cm³/mol. The van der Waals surface area contributed by atoms with Gasteiger partial charge in [-0.15, -0.1) is 0 Å². The van der Waals surface area contributed by atoms with Gasteiger partial charge < -0.3 is 10.1 Å². The van der Waals surface area contributed by atoms with Crippen LogP contribution in [0.3, 0.4) is 0 Å². The van der Waals surface area contributed by atoms with Crippen molar-refractivity contribution < 1.29 is 9.53 Å². The predicted octanol–water partition coefficient (Wildman–Crippen LogP) is 2.37. The molecule has 3 nitrogen and oxygen atoms in total. The summed E-state index contributed by atoms with van der Waals surface area (Å²) < 4.78 is 5.35. The second kappa shape index (κ2) is 5.12. The van der Waals surface area contributed by atoms with E-state index in [2.05, 4.69) is 12.2 Å². The van der Waals surface area contributed by atoms with Crippen molar-refractivity contribution in [2.45, 2.75) is 32.3 Å². The topological polar surface area (TPSA) is 38.3 Å². The molecule has 0 aromatic heterocycles. The summed E-state index contributed by atoms with van der Waals surface area (Å²) in [7, 11) is 0. The highest BCUT2D eigenvalue weighted by Gasteiger charge is 2.23. The molecule has 2 rings (SSSR count). The molecule has 86 valence electrons. The Morgan fingerprint density at radius 3 is 3.00 bits per heavy atom. The number of benzene rings is 1. The molecule has 0 radical (unpaired) electrons. The van der Waals surface area contributed by atoms with E-state index in [1.807, 2.05) is 24.3 Å². The SMILES string of the molecule is CCc1ccccc1NC(=O)[C@@H]1CCCO1. The number of hydrogen-bond donors (Lipinski definition) is 1. The molecule has 1 aliphatic heterocycles. The van der Waals surface area contributed by atoms with Crippen LogP contribution in [0.5, 0.6) is 0 Å². The van der Waals surface area contributed by atoms with Crippen LogP contribution in [0.25, 0.3) is 0 Å². The van der Waals surface area contributed by atoms with E-state index < -0.39 is 0 Å². The van der Waals surface area contributed by atoms with E-state index >= 15 is 0 Å². The molecule has 1 amide bonds. The molecule has 0 aliphatic carbocycles. The number of rotatable bonds is 3. The summed E-state index contributed by atoms with van der Waals surface area (Å²) in [6, 6.07) is 7.89. The van der Waals surface area contributed by atoms with Crippen LogP contribution in [-0.4, -0.2) is 18.6 Å². The van der Waals surface area contributed by atoms with E-state index in [1.165, 1.54) is 0 Å². The molecule has 0 saturated carbocycles. The van der Waals surface area contributed by atoms with Gasteiger partial charge in [0, 0.05) is 12.3 Å². The van der Waals surface area contributed by atoms with Crippen molar-refractivity contribution in [1.29, 1.82) is 0 Å². The molecule has 1 saturated heterocycles. The monoisotopic (exact) mass is 219 g/mol. The number of carbonyl (C=O) groups excluding carboxylic acids is 1. The van der Waals surface area contributed by atoms with Crippen molar-refractivity contribution in [3.8, 4) is 0 Å². The first-order valence-corrected chi connectivity index (χ1v) is 5.81. The number of nitrogens with one attached hydrogen (secondary N) is 1. The number of hydrogen-bond acceptors (Lipinski definition) is 2. The average Bonchev–Trinajstić information content (AvgIpc) is 2.83. The average molecular weight is 219 g/mol. The minimum Gasteiger partial charge on any atom is -0.368 e. The summed E-state index contributed by atoms with van der Waals surface area (Å²) in [5, 5.41) is 2.94. The first kappa shape index (κ1) is 11.1. The van der Waals surface area contributed by atoms with E-state index in [4.69, 9.17) is 4.74 Å². The zero-order valence-corrected chi connectivity index (χ0v) is 9.53. The van der Waals surface area contributed by atoms with Crippen LogP contribution in [0.15, 0.2) is 24.3 Å². The lowest BCUT2D eigenvalue weighted by atomic mass is 10.1. The van der Waals surface area contributed by atoms with Crippen molar-refractivity contribution in [1.82, 2.24) is 0 Å². The first-order chi connectivity index (χ1) is 7.81. The summed E-state index contributed by atoms with van der Waals surface area (Å²) in [5.41, 5.74) is 2.07. The molecule has 1 aromatic carbocycles. The molecule has 16 heavy (non-hydrogen) atoms. The zero-order valence-electron chi connectivity index (χ0n) is 9.53. The number of carbonyl (C=O) groups is 1. The third-order valence-electron chi connectivity index (χ3n) is 2.88. The Kier molecular flexibility index (Phi) is 3.57. The van der Waals surface area contributed by atoms with E-state index in [0.29, 0.717) is 6.61 Å². The summed E-state index contributed by atoms with van der Waals surface area (Å²) in [6.07, 6.45) is 2.47. The Hall–Kier alpha value is -1.35. The standard InChI is InChI=1S/C13H17NO2/c1-2-10-6-3-4-7-11(10)14-13(15)12-8-5-9-16-12/h3-4,6-7,12H,2,5,8-9H2,1H3,(H,14,15)/t12-/m0/s1. The Labute approximate surface area is 95.8 Å². The molecule has 1 atom stereocenters. The number of aryl methyl sites for hydroxylation is 1. The molecule has 0 unspecified atom stereocenters. The van der Waals surface area contributed by atoms with Gasteiger partial charge in [-0.1, -0.05) is 25.1 Å². The highest BCUT2D eigenvalue weighted by Crippen LogP contribution is 2.18. The molecule has 1 aromatic rings. The van der Waals surface area contributed by atoms with Crippen LogP contribution in [0, 0.1) is 0 Å². The van der Waals surface area contributed by atoms with Crippen molar-refractivity contribution in [3.63, 3.8) is 0 Å². The zero-order chi connectivity index (χ0) is 11.4. The number of ether oxygens (including phenoxy) is 1. The van der Waals surface area contributed by atoms with E-state index in [0.717, 1.165) is 30.5 Å². The van der Waals surface area contributed by atoms with Crippen LogP contribution in [-0.2, 0) is 16.0 Å². The van der Waals surface area contributed by atoms with E-state index in [1.54, 1.807) is 0 Å². The van der Waals surface area contributed by atoms with Gasteiger partial charge in [0.2, 0.25) is 0 Å². The fourth-order valence-corrected chi connectivity index (χ4v) is 1.95. The van der Waals surface area contributed by atoms with Gasteiger partial charge in [0.1, 0.15) is 6.10 Å². The smallest absolute Gasteiger partial charge is 0.253 e. The molecule has 1 fully saturated rings. The third-order valence-corrected chi connectivity index (χ3v) is 2.88. The molecule has 1 N–H and O–H groups in total. The molecular weight excluding hydrogens is 202 g/mol. The molecule has 0 bridgehead atoms. The summed E-state index contributed by atoms with van der Waals surface area (Å²) in [4.78, 5) is 11.8. The van der Waals surface area contributed by atoms with Crippen LogP contribution < -0.4 is 5.32 Å². The quantitative estimate of drug-likeness (QED) is 0.847. The number of amides is 1. The maximum absolute atomic E-state index is 11.8. The van der Waals surface area contributed by atoms with E-state index in [9.17, 15) is 4.79 Å². The molecule has 1 heterocycles. The molecular formula is C13H17NO2. The van der Waals surface area contributed by atoms with Crippen molar-refractivity contribution >= 4 is 11.6 Å². The fourth-order valence-electron chi connectivity index (χ4n) is 1.95. The van der Waals surface area contributed by atoms with Gasteiger partial charge in [0.15, 0.2) is 0 Å². The lowest BCUT2D eigenvalue weighted by Crippen LogP contribution is -2.27. The van der Waals surface area contributed by atoms with Crippen LogP contribution in [0.1, 0.15) is 25.3 Å². The van der Waals surface area contributed by atoms with Crippen molar-refractivity contribution in [2.24, 2.45) is 0 Å². The molecule has 3 heteroatoms. The third kappa shape index (κ3) is 2.42. The number of anilines is 1. The van der Waals surface area contributed by atoms with Crippen LogP contribution in [0.2, 0.25) is 0 Å². The van der Waals surface area contributed by atoms with Crippen LogP contribution in [0.4, 0.5) is 5.69 Å². The summed E-state index contributed by atoms with van der Waals surface area (Å²) in [6.45, 7) is 2.78. The minimum absolute atomic E-state index is 0.0154. The molecule has 1 aliphatic rings. The maximum atomic E-state index is 11.8.